The highest BCUT2D eigenvalue weighted by Gasteiger charge is 2.15. The van der Waals surface area contributed by atoms with E-state index in [1.54, 1.807) is 19.0 Å². The van der Waals surface area contributed by atoms with Crippen molar-refractivity contribution in [3.05, 3.63) is 35.4 Å². The highest BCUT2D eigenvalue weighted by Crippen LogP contribution is 2.23. The Bertz CT molecular complexity index is 383. The van der Waals surface area contributed by atoms with Gasteiger partial charge >= 0.3 is 0 Å². The van der Waals surface area contributed by atoms with E-state index >= 15 is 0 Å². The van der Waals surface area contributed by atoms with Gasteiger partial charge in [0.15, 0.2) is 0 Å². The van der Waals surface area contributed by atoms with Crippen molar-refractivity contribution in [1.29, 1.82) is 0 Å². The molecule has 0 saturated carbocycles. The molecule has 1 N–H and O–H groups in total. The second-order valence-electron chi connectivity index (χ2n) is 4.86. The third kappa shape index (κ3) is 3.47. The minimum Gasteiger partial charge on any atom is -0.345 e. The molecule has 1 fully saturated rings. The van der Waals surface area contributed by atoms with Gasteiger partial charge in [0.25, 0.3) is 5.91 Å². The Labute approximate surface area is 115 Å². The van der Waals surface area contributed by atoms with Gasteiger partial charge in [-0.25, -0.2) is 0 Å². The monoisotopic (exact) mass is 268 g/mol. The zero-order chi connectivity index (χ0) is 12.3. The molecule has 0 aliphatic carbocycles. The Kier molecular flexibility index (Phi) is 5.63. The van der Waals surface area contributed by atoms with E-state index in [0.29, 0.717) is 5.92 Å². The lowest BCUT2D eigenvalue weighted by Crippen LogP contribution is -2.28. The van der Waals surface area contributed by atoms with Crippen LogP contribution in [0.5, 0.6) is 0 Å². The summed E-state index contributed by atoms with van der Waals surface area (Å²) in [5.41, 5.74) is 2.11. The number of hydrogen-bond acceptors (Lipinski definition) is 2. The van der Waals surface area contributed by atoms with Gasteiger partial charge in [0.1, 0.15) is 0 Å². The van der Waals surface area contributed by atoms with Gasteiger partial charge in [0, 0.05) is 26.2 Å². The molecule has 18 heavy (non-hydrogen) atoms. The first-order chi connectivity index (χ1) is 8.18. The fraction of sp³-hybridized carbons (Fsp3) is 0.500. The van der Waals surface area contributed by atoms with Crippen LogP contribution in [0.1, 0.15) is 34.7 Å². The zero-order valence-corrected chi connectivity index (χ0v) is 11.8. The van der Waals surface area contributed by atoms with Crippen molar-refractivity contribution in [2.75, 3.05) is 27.2 Å². The van der Waals surface area contributed by atoms with E-state index in [1.807, 2.05) is 12.1 Å². The summed E-state index contributed by atoms with van der Waals surface area (Å²) >= 11 is 0. The standard InChI is InChI=1S/C14H20N2O.ClH/c1-16(2)14(17)12-7-5-11(6-8-12)13-4-3-9-15-10-13;/h5-8,13,15H,3-4,9-10H2,1-2H3;1H. The predicted molar refractivity (Wildman–Crippen MR) is 76.6 cm³/mol. The molecule has 2 rings (SSSR count). The van der Waals surface area contributed by atoms with Crippen LogP contribution in [0.15, 0.2) is 24.3 Å². The van der Waals surface area contributed by atoms with Crippen LogP contribution in [-0.4, -0.2) is 38.0 Å². The Morgan fingerprint density at radius 2 is 1.94 bits per heavy atom. The molecule has 3 nitrogen and oxygen atoms in total. The lowest BCUT2D eigenvalue weighted by Gasteiger charge is -2.23. The highest BCUT2D eigenvalue weighted by molar-refractivity contribution is 5.93. The van der Waals surface area contributed by atoms with Crippen LogP contribution in [0.3, 0.4) is 0 Å². The molecule has 4 heteroatoms. The van der Waals surface area contributed by atoms with E-state index in [4.69, 9.17) is 0 Å². The fourth-order valence-corrected chi connectivity index (χ4v) is 2.29. The van der Waals surface area contributed by atoms with Crippen LogP contribution in [0.25, 0.3) is 0 Å². The van der Waals surface area contributed by atoms with Gasteiger partial charge in [-0.3, -0.25) is 4.79 Å². The summed E-state index contributed by atoms with van der Waals surface area (Å²) in [4.78, 5) is 13.4. The number of hydrogen-bond donors (Lipinski definition) is 1. The Morgan fingerprint density at radius 1 is 1.28 bits per heavy atom. The summed E-state index contributed by atoms with van der Waals surface area (Å²) in [6.07, 6.45) is 2.48. The smallest absolute Gasteiger partial charge is 0.253 e. The number of carbonyl (C=O) groups excluding carboxylic acids is 1. The highest BCUT2D eigenvalue weighted by atomic mass is 35.5. The molecule has 1 atom stereocenters. The SMILES string of the molecule is CN(C)C(=O)c1ccc(C2CCCNC2)cc1.Cl. The van der Waals surface area contributed by atoms with Crippen LogP contribution < -0.4 is 5.32 Å². The van der Waals surface area contributed by atoms with Crippen LogP contribution >= 0.6 is 12.4 Å². The molecule has 0 spiro atoms. The van der Waals surface area contributed by atoms with Crippen molar-refractivity contribution in [2.24, 2.45) is 0 Å². The Morgan fingerprint density at radius 3 is 2.44 bits per heavy atom. The van der Waals surface area contributed by atoms with E-state index in [-0.39, 0.29) is 18.3 Å². The number of rotatable bonds is 2. The molecule has 100 valence electrons. The summed E-state index contributed by atoms with van der Waals surface area (Å²) in [5.74, 6) is 0.672. The molecule has 1 amide bonds. The van der Waals surface area contributed by atoms with Gasteiger partial charge in [-0.2, -0.15) is 0 Å². The maximum atomic E-state index is 11.7. The molecular formula is C14H21ClN2O. The minimum absolute atomic E-state index is 0. The number of benzene rings is 1. The molecule has 1 heterocycles. The molecule has 1 aliphatic rings. The second-order valence-corrected chi connectivity index (χ2v) is 4.86. The molecule has 1 aromatic rings. The molecule has 1 aromatic carbocycles. The van der Waals surface area contributed by atoms with Gasteiger partial charge in [0.05, 0.1) is 0 Å². The van der Waals surface area contributed by atoms with E-state index in [1.165, 1.54) is 18.4 Å². The van der Waals surface area contributed by atoms with Crippen molar-refractivity contribution in [3.63, 3.8) is 0 Å². The lowest BCUT2D eigenvalue weighted by atomic mass is 9.91. The van der Waals surface area contributed by atoms with Gasteiger partial charge in [0.2, 0.25) is 0 Å². The number of piperidine rings is 1. The maximum Gasteiger partial charge on any atom is 0.253 e. The van der Waals surface area contributed by atoms with Crippen molar-refractivity contribution in [3.8, 4) is 0 Å². The lowest BCUT2D eigenvalue weighted by molar-refractivity contribution is 0.0827. The number of nitrogens with zero attached hydrogens (tertiary/aromatic N) is 1. The number of halogens is 1. The Balaban J connectivity index is 0.00000162. The molecule has 1 aliphatic heterocycles. The first-order valence-electron chi connectivity index (χ1n) is 6.21. The molecule has 0 bridgehead atoms. The van der Waals surface area contributed by atoms with E-state index in [0.717, 1.165) is 18.7 Å². The molecule has 0 aromatic heterocycles. The second kappa shape index (κ2) is 6.76. The van der Waals surface area contributed by atoms with E-state index < -0.39 is 0 Å². The number of nitrogens with one attached hydrogen (secondary N) is 1. The third-order valence-corrected chi connectivity index (χ3v) is 3.33. The van der Waals surface area contributed by atoms with Gasteiger partial charge < -0.3 is 10.2 Å². The first-order valence-corrected chi connectivity index (χ1v) is 6.21. The third-order valence-electron chi connectivity index (χ3n) is 3.33. The average Bonchev–Trinajstić information content (AvgIpc) is 2.39. The fourth-order valence-electron chi connectivity index (χ4n) is 2.29. The largest absolute Gasteiger partial charge is 0.345 e. The molecule has 0 radical (unpaired) electrons. The van der Waals surface area contributed by atoms with E-state index in [9.17, 15) is 4.79 Å². The summed E-state index contributed by atoms with van der Waals surface area (Å²) in [5, 5.41) is 3.41. The first kappa shape index (κ1) is 15.0. The minimum atomic E-state index is 0. The number of carbonyl (C=O) groups is 1. The van der Waals surface area contributed by atoms with Crippen molar-refractivity contribution < 1.29 is 4.79 Å². The van der Waals surface area contributed by atoms with Crippen molar-refractivity contribution >= 4 is 18.3 Å². The molecule has 1 unspecified atom stereocenters. The van der Waals surface area contributed by atoms with Crippen LogP contribution in [-0.2, 0) is 0 Å². The van der Waals surface area contributed by atoms with Crippen LogP contribution in [0.2, 0.25) is 0 Å². The Hall–Kier alpha value is -1.06. The molecular weight excluding hydrogens is 248 g/mol. The van der Waals surface area contributed by atoms with Gasteiger partial charge in [-0.05, 0) is 43.0 Å². The average molecular weight is 269 g/mol. The van der Waals surface area contributed by atoms with Crippen LogP contribution in [0.4, 0.5) is 0 Å². The summed E-state index contributed by atoms with van der Waals surface area (Å²) in [7, 11) is 3.56. The van der Waals surface area contributed by atoms with Crippen LogP contribution in [0, 0.1) is 0 Å². The normalized spacial score (nSPS) is 18.9. The predicted octanol–water partition coefficient (Wildman–Crippen LogP) is 2.28. The number of amides is 1. The molecule has 1 saturated heterocycles. The van der Waals surface area contributed by atoms with E-state index in [2.05, 4.69) is 17.4 Å². The topological polar surface area (TPSA) is 32.3 Å². The van der Waals surface area contributed by atoms with Gasteiger partial charge in [-0.1, -0.05) is 12.1 Å². The zero-order valence-electron chi connectivity index (χ0n) is 11.0. The summed E-state index contributed by atoms with van der Waals surface area (Å²) < 4.78 is 0. The quantitative estimate of drug-likeness (QED) is 0.893. The van der Waals surface area contributed by atoms with Gasteiger partial charge in [-0.15, -0.1) is 12.4 Å². The summed E-state index contributed by atoms with van der Waals surface area (Å²) in [6, 6.07) is 8.06. The van der Waals surface area contributed by atoms with Crippen molar-refractivity contribution in [2.45, 2.75) is 18.8 Å². The van der Waals surface area contributed by atoms with Crippen molar-refractivity contribution in [1.82, 2.24) is 10.2 Å². The maximum absolute atomic E-state index is 11.7. The summed E-state index contributed by atoms with van der Waals surface area (Å²) in [6.45, 7) is 2.19.